The maximum Gasteiger partial charge on any atom is 0.311 e. The third-order valence-electron chi connectivity index (χ3n) is 7.20. The van der Waals surface area contributed by atoms with E-state index in [1.165, 1.54) is 38.5 Å². The molecule has 1 aliphatic rings. The first-order valence-corrected chi connectivity index (χ1v) is 12.0. The minimum atomic E-state index is -1.21. The summed E-state index contributed by atoms with van der Waals surface area (Å²) in [6, 6.07) is 0. The molecule has 2 N–H and O–H groups in total. The van der Waals surface area contributed by atoms with Crippen LogP contribution in [0.15, 0.2) is 12.2 Å². The number of carbonyl (C=O) groups is 2. The first kappa shape index (κ1) is 25.7. The van der Waals surface area contributed by atoms with E-state index in [2.05, 4.69) is 13.8 Å². The van der Waals surface area contributed by atoms with Gasteiger partial charge in [0, 0.05) is 0 Å². The average Bonchev–Trinajstić information content (AvgIpc) is 2.68. The van der Waals surface area contributed by atoms with Gasteiger partial charge < -0.3 is 10.2 Å². The number of rotatable bonds is 16. The second kappa shape index (κ2) is 13.1. The monoisotopic (exact) mass is 408 g/mol. The molecule has 0 aliphatic heterocycles. The second-order valence-corrected chi connectivity index (χ2v) is 9.12. The van der Waals surface area contributed by atoms with Crippen LogP contribution in [0.5, 0.6) is 0 Å². The van der Waals surface area contributed by atoms with Gasteiger partial charge in [0.15, 0.2) is 0 Å². The first-order chi connectivity index (χ1) is 13.9. The van der Waals surface area contributed by atoms with Gasteiger partial charge in [-0.15, -0.1) is 0 Å². The molecule has 3 atom stereocenters. The summed E-state index contributed by atoms with van der Waals surface area (Å²) >= 11 is 0. The lowest BCUT2D eigenvalue weighted by Gasteiger charge is -2.50. The Morgan fingerprint density at radius 3 is 1.76 bits per heavy atom. The topological polar surface area (TPSA) is 74.6 Å². The summed E-state index contributed by atoms with van der Waals surface area (Å²) in [7, 11) is 0. The fraction of sp³-hybridized carbons (Fsp3) is 0.840. The van der Waals surface area contributed by atoms with Crippen molar-refractivity contribution in [1.29, 1.82) is 0 Å². The van der Waals surface area contributed by atoms with Crippen LogP contribution in [0, 0.1) is 16.7 Å². The number of hydrogen-bond donors (Lipinski definition) is 2. The van der Waals surface area contributed by atoms with E-state index in [0.29, 0.717) is 19.3 Å². The maximum absolute atomic E-state index is 12.6. The Labute approximate surface area is 178 Å². The molecule has 0 amide bonds. The van der Waals surface area contributed by atoms with Crippen LogP contribution >= 0.6 is 0 Å². The van der Waals surface area contributed by atoms with Crippen LogP contribution < -0.4 is 0 Å². The van der Waals surface area contributed by atoms with Gasteiger partial charge in [-0.3, -0.25) is 9.59 Å². The maximum atomic E-state index is 12.6. The fourth-order valence-electron chi connectivity index (χ4n) is 5.33. The van der Waals surface area contributed by atoms with Gasteiger partial charge >= 0.3 is 11.9 Å². The summed E-state index contributed by atoms with van der Waals surface area (Å²) < 4.78 is 0. The van der Waals surface area contributed by atoms with Gasteiger partial charge in [0.05, 0.1) is 10.8 Å². The van der Waals surface area contributed by atoms with Crippen LogP contribution in [-0.2, 0) is 9.59 Å². The zero-order valence-corrected chi connectivity index (χ0v) is 19.0. The highest BCUT2D eigenvalue weighted by atomic mass is 16.4. The zero-order valence-electron chi connectivity index (χ0n) is 19.0. The summed E-state index contributed by atoms with van der Waals surface area (Å²) in [4.78, 5) is 25.2. The number of allylic oxidation sites excluding steroid dienone is 2. The molecule has 0 aromatic carbocycles. The summed E-state index contributed by atoms with van der Waals surface area (Å²) in [6.07, 6.45) is 18.0. The van der Waals surface area contributed by atoms with Crippen molar-refractivity contribution in [3.05, 3.63) is 12.2 Å². The Hall–Kier alpha value is -1.32. The highest BCUT2D eigenvalue weighted by Gasteiger charge is 2.63. The molecule has 0 saturated heterocycles. The van der Waals surface area contributed by atoms with Crippen molar-refractivity contribution in [2.45, 2.75) is 117 Å². The molecule has 0 spiro atoms. The van der Waals surface area contributed by atoms with Gasteiger partial charge in [0.25, 0.3) is 0 Å². The van der Waals surface area contributed by atoms with Gasteiger partial charge in [-0.05, 0) is 25.2 Å². The van der Waals surface area contributed by atoms with Gasteiger partial charge in [0.1, 0.15) is 0 Å². The summed E-state index contributed by atoms with van der Waals surface area (Å²) in [5.74, 6) is -2.10. The average molecular weight is 409 g/mol. The van der Waals surface area contributed by atoms with Crippen LogP contribution in [0.3, 0.4) is 0 Å². The van der Waals surface area contributed by atoms with Crippen LogP contribution in [0.4, 0.5) is 0 Å². The van der Waals surface area contributed by atoms with Crippen molar-refractivity contribution in [1.82, 2.24) is 0 Å². The van der Waals surface area contributed by atoms with E-state index in [-0.39, 0.29) is 5.92 Å². The molecule has 0 fully saturated rings. The van der Waals surface area contributed by atoms with Crippen LogP contribution in [0.1, 0.15) is 117 Å². The smallest absolute Gasteiger partial charge is 0.311 e. The molecule has 29 heavy (non-hydrogen) atoms. The first-order valence-electron chi connectivity index (χ1n) is 12.0. The van der Waals surface area contributed by atoms with E-state index in [1.54, 1.807) is 0 Å². The summed E-state index contributed by atoms with van der Waals surface area (Å²) in [6.45, 7) is 6.26. The van der Waals surface area contributed by atoms with Crippen LogP contribution in [0.2, 0.25) is 0 Å². The molecule has 1 aliphatic carbocycles. The third-order valence-corrected chi connectivity index (χ3v) is 7.20. The molecule has 3 unspecified atom stereocenters. The fourth-order valence-corrected chi connectivity index (χ4v) is 5.33. The zero-order chi connectivity index (χ0) is 21.8. The number of aliphatic carboxylic acids is 2. The molecule has 4 heteroatoms. The van der Waals surface area contributed by atoms with Crippen LogP contribution in [0.25, 0.3) is 0 Å². The Bertz CT molecular complexity index is 527. The normalized spacial score (nSPS) is 26.5. The Morgan fingerprint density at radius 1 is 0.793 bits per heavy atom. The van der Waals surface area contributed by atoms with Gasteiger partial charge in [-0.25, -0.2) is 0 Å². The molecule has 4 nitrogen and oxygen atoms in total. The lowest BCUT2D eigenvalue weighted by Crippen LogP contribution is -2.57. The standard InChI is InChI=1S/C25H44O4/c1-4-6-8-10-12-14-18-24(22(26)27)19-16-17-21(3)25(24,23(28)29)20-15-13-11-9-7-5-2/h16-17,21H,4-15,18-20H2,1-3H3,(H,26,27)(H,28,29). The minimum Gasteiger partial charge on any atom is -0.481 e. The van der Waals surface area contributed by atoms with Crippen molar-refractivity contribution in [3.8, 4) is 0 Å². The molecule has 0 bridgehead atoms. The molecule has 0 aromatic rings. The highest BCUT2D eigenvalue weighted by Crippen LogP contribution is 2.57. The van der Waals surface area contributed by atoms with E-state index < -0.39 is 22.8 Å². The van der Waals surface area contributed by atoms with Gasteiger partial charge in [-0.2, -0.15) is 0 Å². The van der Waals surface area contributed by atoms with Gasteiger partial charge in [-0.1, -0.05) is 110 Å². The summed E-state index contributed by atoms with van der Waals surface area (Å²) in [5.41, 5.74) is -2.40. The highest BCUT2D eigenvalue weighted by molar-refractivity contribution is 5.88. The van der Waals surface area contributed by atoms with Gasteiger partial charge in [0.2, 0.25) is 0 Å². The van der Waals surface area contributed by atoms with Crippen molar-refractivity contribution in [3.63, 3.8) is 0 Å². The molecule has 168 valence electrons. The number of unbranched alkanes of at least 4 members (excludes halogenated alkanes) is 10. The molecule has 0 aromatic heterocycles. The Balaban J connectivity index is 2.96. The molecule has 0 heterocycles. The van der Waals surface area contributed by atoms with E-state index in [4.69, 9.17) is 0 Å². The molecule has 0 saturated carbocycles. The number of hydrogen-bond acceptors (Lipinski definition) is 2. The SMILES string of the molecule is CCCCCCCCC1(C(=O)O)CC=CC(C)C1(CCCCCCCC)C(=O)O. The van der Waals surface area contributed by atoms with Crippen molar-refractivity contribution >= 4 is 11.9 Å². The van der Waals surface area contributed by atoms with Crippen molar-refractivity contribution in [2.75, 3.05) is 0 Å². The van der Waals surface area contributed by atoms with E-state index >= 15 is 0 Å². The summed E-state index contributed by atoms with van der Waals surface area (Å²) in [5, 5.41) is 20.7. The predicted octanol–water partition coefficient (Wildman–Crippen LogP) is 7.23. The molecule has 0 radical (unpaired) electrons. The van der Waals surface area contributed by atoms with Crippen molar-refractivity contribution < 1.29 is 19.8 Å². The lowest BCUT2D eigenvalue weighted by molar-refractivity contribution is -0.182. The second-order valence-electron chi connectivity index (χ2n) is 9.12. The van der Waals surface area contributed by atoms with Crippen LogP contribution in [-0.4, -0.2) is 22.2 Å². The molecule has 1 rings (SSSR count). The van der Waals surface area contributed by atoms with E-state index in [0.717, 1.165) is 38.5 Å². The molecular weight excluding hydrogens is 364 g/mol. The Morgan fingerprint density at radius 2 is 1.28 bits per heavy atom. The predicted molar refractivity (Wildman–Crippen MR) is 119 cm³/mol. The minimum absolute atomic E-state index is 0.263. The van der Waals surface area contributed by atoms with Crippen molar-refractivity contribution in [2.24, 2.45) is 16.7 Å². The lowest BCUT2D eigenvalue weighted by atomic mass is 9.50. The third kappa shape index (κ3) is 6.33. The molecular formula is C25H44O4. The van der Waals surface area contributed by atoms with E-state index in [9.17, 15) is 19.8 Å². The number of carboxylic acid groups (broad SMARTS) is 2. The largest absolute Gasteiger partial charge is 0.481 e. The van der Waals surface area contributed by atoms with E-state index in [1.807, 2.05) is 19.1 Å². The Kier molecular flexibility index (Phi) is 11.6. The quantitative estimate of drug-likeness (QED) is 0.209. The number of carboxylic acids is 2.